The first kappa shape index (κ1) is 13.3. The maximum Gasteiger partial charge on any atom is 0.416 e. The minimum Gasteiger partial charge on any atom is -0.507 e. The molecule has 0 fully saturated rings. The molecule has 0 radical (unpaired) electrons. The van der Waals surface area contributed by atoms with E-state index >= 15 is 0 Å². The molecule has 0 heterocycles. The van der Waals surface area contributed by atoms with Gasteiger partial charge >= 0.3 is 6.18 Å². The molecule has 0 bridgehead atoms. The summed E-state index contributed by atoms with van der Waals surface area (Å²) < 4.78 is 63.4. The van der Waals surface area contributed by atoms with Crippen molar-refractivity contribution in [3.63, 3.8) is 0 Å². The SMILES string of the molecule is Oc1ccc(C(F)(F)F)cc1-c1ccc(F)c(F)c1. The quantitative estimate of drug-likeness (QED) is 0.766. The first-order valence-electron chi connectivity index (χ1n) is 5.14. The molecular weight excluding hydrogens is 267 g/mol. The number of phenolic OH excluding ortho intramolecular Hbond substituents is 1. The molecule has 1 nitrogen and oxygen atoms in total. The smallest absolute Gasteiger partial charge is 0.416 e. The molecule has 2 aromatic rings. The maximum absolute atomic E-state index is 13.1. The molecule has 6 heteroatoms. The summed E-state index contributed by atoms with van der Waals surface area (Å²) >= 11 is 0. The number of aromatic hydroxyl groups is 1. The molecule has 0 aromatic heterocycles. The molecular formula is C13H7F5O. The van der Waals surface area contributed by atoms with Crippen LogP contribution in [-0.2, 0) is 6.18 Å². The zero-order chi connectivity index (χ0) is 14.2. The van der Waals surface area contributed by atoms with Crippen LogP contribution in [0.3, 0.4) is 0 Å². The van der Waals surface area contributed by atoms with Gasteiger partial charge in [-0.2, -0.15) is 13.2 Å². The summed E-state index contributed by atoms with van der Waals surface area (Å²) in [5.41, 5.74) is -1.23. The summed E-state index contributed by atoms with van der Waals surface area (Å²) in [6, 6.07) is 4.85. The van der Waals surface area contributed by atoms with Crippen LogP contribution in [0.2, 0.25) is 0 Å². The van der Waals surface area contributed by atoms with E-state index in [1.807, 2.05) is 0 Å². The van der Waals surface area contributed by atoms with Crippen LogP contribution in [0, 0.1) is 11.6 Å². The molecule has 0 saturated heterocycles. The predicted molar refractivity (Wildman–Crippen MR) is 58.5 cm³/mol. The number of hydrogen-bond acceptors (Lipinski definition) is 1. The third-order valence-electron chi connectivity index (χ3n) is 2.55. The van der Waals surface area contributed by atoms with Crippen LogP contribution < -0.4 is 0 Å². The van der Waals surface area contributed by atoms with Crippen molar-refractivity contribution in [2.75, 3.05) is 0 Å². The van der Waals surface area contributed by atoms with Crippen molar-refractivity contribution in [2.24, 2.45) is 0 Å². The predicted octanol–water partition coefficient (Wildman–Crippen LogP) is 4.36. The third-order valence-corrected chi connectivity index (χ3v) is 2.55. The van der Waals surface area contributed by atoms with Gasteiger partial charge in [0.2, 0.25) is 0 Å². The Labute approximate surface area is 104 Å². The average Bonchev–Trinajstić information content (AvgIpc) is 2.32. The molecule has 0 saturated carbocycles. The van der Waals surface area contributed by atoms with Gasteiger partial charge in [0.1, 0.15) is 5.75 Å². The number of rotatable bonds is 1. The van der Waals surface area contributed by atoms with Crippen molar-refractivity contribution in [1.29, 1.82) is 0 Å². The minimum atomic E-state index is -4.58. The van der Waals surface area contributed by atoms with Gasteiger partial charge in [-0.25, -0.2) is 8.78 Å². The summed E-state index contributed by atoms with van der Waals surface area (Å²) in [5, 5.41) is 9.53. The van der Waals surface area contributed by atoms with Gasteiger partial charge < -0.3 is 5.11 Å². The Morgan fingerprint density at radius 3 is 2.11 bits per heavy atom. The third kappa shape index (κ3) is 2.67. The summed E-state index contributed by atoms with van der Waals surface area (Å²) in [5.74, 6) is -2.76. The Morgan fingerprint density at radius 1 is 0.842 bits per heavy atom. The van der Waals surface area contributed by atoms with Crippen LogP contribution >= 0.6 is 0 Å². The Bertz CT molecular complexity index is 619. The first-order chi connectivity index (χ1) is 8.79. The molecule has 0 aliphatic carbocycles. The monoisotopic (exact) mass is 274 g/mol. The Morgan fingerprint density at radius 2 is 1.53 bits per heavy atom. The second-order valence-electron chi connectivity index (χ2n) is 3.86. The van der Waals surface area contributed by atoms with E-state index in [1.54, 1.807) is 0 Å². The van der Waals surface area contributed by atoms with Crippen LogP contribution in [0.1, 0.15) is 5.56 Å². The highest BCUT2D eigenvalue weighted by Gasteiger charge is 2.31. The van der Waals surface area contributed by atoms with Gasteiger partial charge in [-0.3, -0.25) is 0 Å². The molecule has 0 amide bonds. The van der Waals surface area contributed by atoms with Crippen molar-refractivity contribution in [1.82, 2.24) is 0 Å². The number of alkyl halides is 3. The van der Waals surface area contributed by atoms with E-state index in [0.29, 0.717) is 12.1 Å². The van der Waals surface area contributed by atoms with Gasteiger partial charge in [0, 0.05) is 5.56 Å². The molecule has 0 aliphatic heterocycles. The molecule has 0 spiro atoms. The highest BCUT2D eigenvalue weighted by molar-refractivity contribution is 5.71. The van der Waals surface area contributed by atoms with Gasteiger partial charge in [0.15, 0.2) is 11.6 Å². The van der Waals surface area contributed by atoms with Crippen LogP contribution in [0.15, 0.2) is 36.4 Å². The van der Waals surface area contributed by atoms with Crippen molar-refractivity contribution in [3.8, 4) is 16.9 Å². The summed E-state index contributed by atoms with van der Waals surface area (Å²) in [4.78, 5) is 0. The number of hydrogen-bond donors (Lipinski definition) is 1. The van der Waals surface area contributed by atoms with Gasteiger partial charge in [-0.1, -0.05) is 6.07 Å². The molecule has 19 heavy (non-hydrogen) atoms. The Hall–Kier alpha value is -2.11. The van der Waals surface area contributed by atoms with E-state index in [2.05, 4.69) is 0 Å². The van der Waals surface area contributed by atoms with Gasteiger partial charge in [0.05, 0.1) is 5.56 Å². The van der Waals surface area contributed by atoms with E-state index in [0.717, 1.165) is 24.3 Å². The van der Waals surface area contributed by atoms with Crippen LogP contribution in [0.5, 0.6) is 5.75 Å². The standard InChI is InChI=1S/C13H7F5O/c14-10-3-1-7(5-11(10)15)9-6-8(13(16,17)18)2-4-12(9)19/h1-6,19H. The molecule has 1 N–H and O–H groups in total. The van der Waals surface area contributed by atoms with Gasteiger partial charge in [-0.15, -0.1) is 0 Å². The minimum absolute atomic E-state index is 0.0394. The lowest BCUT2D eigenvalue weighted by Gasteiger charge is -2.11. The lowest BCUT2D eigenvalue weighted by Crippen LogP contribution is -2.04. The Balaban J connectivity index is 2.58. The molecule has 0 atom stereocenters. The second-order valence-corrected chi connectivity index (χ2v) is 3.86. The fourth-order valence-electron chi connectivity index (χ4n) is 1.61. The molecule has 2 rings (SSSR count). The second kappa shape index (κ2) is 4.53. The van der Waals surface area contributed by atoms with E-state index < -0.39 is 29.1 Å². The van der Waals surface area contributed by atoms with E-state index in [-0.39, 0.29) is 11.1 Å². The summed E-state index contributed by atoms with van der Waals surface area (Å²) in [7, 11) is 0. The van der Waals surface area contributed by atoms with Crippen LogP contribution in [-0.4, -0.2) is 5.11 Å². The molecule has 0 unspecified atom stereocenters. The topological polar surface area (TPSA) is 20.2 Å². The van der Waals surface area contributed by atoms with Gasteiger partial charge in [0.25, 0.3) is 0 Å². The average molecular weight is 274 g/mol. The fraction of sp³-hybridized carbons (Fsp3) is 0.0769. The molecule has 0 aliphatic rings. The van der Waals surface area contributed by atoms with Crippen molar-refractivity contribution < 1.29 is 27.1 Å². The van der Waals surface area contributed by atoms with Crippen LogP contribution in [0.4, 0.5) is 22.0 Å². The summed E-state index contributed by atoms with van der Waals surface area (Å²) in [6.45, 7) is 0. The largest absolute Gasteiger partial charge is 0.507 e. The van der Waals surface area contributed by atoms with Crippen LogP contribution in [0.25, 0.3) is 11.1 Å². The number of phenols is 1. The van der Waals surface area contributed by atoms with Crippen molar-refractivity contribution in [2.45, 2.75) is 6.18 Å². The lowest BCUT2D eigenvalue weighted by atomic mass is 10.0. The highest BCUT2D eigenvalue weighted by Crippen LogP contribution is 2.36. The number of halogens is 5. The van der Waals surface area contributed by atoms with E-state index in [4.69, 9.17) is 0 Å². The maximum atomic E-state index is 13.1. The van der Waals surface area contributed by atoms with Gasteiger partial charge in [-0.05, 0) is 35.9 Å². The normalized spacial score (nSPS) is 11.6. The zero-order valence-corrected chi connectivity index (χ0v) is 9.30. The van der Waals surface area contributed by atoms with E-state index in [9.17, 15) is 27.1 Å². The number of benzene rings is 2. The zero-order valence-electron chi connectivity index (χ0n) is 9.30. The lowest BCUT2D eigenvalue weighted by molar-refractivity contribution is -0.137. The molecule has 2 aromatic carbocycles. The first-order valence-corrected chi connectivity index (χ1v) is 5.14. The molecule has 100 valence electrons. The highest BCUT2D eigenvalue weighted by atomic mass is 19.4. The fourth-order valence-corrected chi connectivity index (χ4v) is 1.61. The summed E-state index contributed by atoms with van der Waals surface area (Å²) in [6.07, 6.45) is -4.58. The van der Waals surface area contributed by atoms with Crippen molar-refractivity contribution >= 4 is 0 Å². The Kier molecular flexibility index (Phi) is 3.18. The van der Waals surface area contributed by atoms with E-state index in [1.165, 1.54) is 0 Å². The van der Waals surface area contributed by atoms with Crippen molar-refractivity contribution in [3.05, 3.63) is 53.6 Å².